The number of benzene rings is 1. The Kier molecular flexibility index (Phi) is 4.89. The van der Waals surface area contributed by atoms with Crippen LogP contribution in [0, 0.1) is 5.82 Å². The van der Waals surface area contributed by atoms with Crippen LogP contribution in [-0.4, -0.2) is 33.3 Å². The predicted octanol–water partition coefficient (Wildman–Crippen LogP) is 1.42. The van der Waals surface area contributed by atoms with Crippen LogP contribution in [0.2, 0.25) is 0 Å². The molecule has 20 heavy (non-hydrogen) atoms. The van der Waals surface area contributed by atoms with E-state index in [-0.39, 0.29) is 12.4 Å². The van der Waals surface area contributed by atoms with Crippen LogP contribution in [0.4, 0.5) is 10.1 Å². The SMILES string of the molecule is CCOc1cc(F)ccc1NCc1cn(CCO)nn1. The lowest BCUT2D eigenvalue weighted by Gasteiger charge is -2.11. The molecule has 0 spiro atoms. The van der Waals surface area contributed by atoms with E-state index in [1.807, 2.05) is 6.92 Å². The topological polar surface area (TPSA) is 72.2 Å². The van der Waals surface area contributed by atoms with Crippen LogP contribution < -0.4 is 10.1 Å². The molecular weight excluding hydrogens is 263 g/mol. The van der Waals surface area contributed by atoms with Crippen molar-refractivity contribution in [1.29, 1.82) is 0 Å². The maximum Gasteiger partial charge on any atom is 0.145 e. The highest BCUT2D eigenvalue weighted by molar-refractivity contribution is 5.56. The maximum absolute atomic E-state index is 13.2. The molecule has 0 atom stereocenters. The quantitative estimate of drug-likeness (QED) is 0.802. The van der Waals surface area contributed by atoms with Crippen LogP contribution in [0.3, 0.4) is 0 Å². The lowest BCUT2D eigenvalue weighted by molar-refractivity contribution is 0.268. The molecule has 0 saturated heterocycles. The molecule has 0 bridgehead atoms. The van der Waals surface area contributed by atoms with E-state index in [1.54, 1.807) is 16.9 Å². The Hall–Kier alpha value is -2.15. The van der Waals surface area contributed by atoms with Crippen molar-refractivity contribution in [2.45, 2.75) is 20.0 Å². The molecule has 2 aromatic rings. The number of halogens is 1. The second-order valence-electron chi connectivity index (χ2n) is 4.12. The smallest absolute Gasteiger partial charge is 0.145 e. The molecule has 108 valence electrons. The van der Waals surface area contributed by atoms with E-state index in [0.717, 1.165) is 5.69 Å². The predicted molar refractivity (Wildman–Crippen MR) is 72.0 cm³/mol. The summed E-state index contributed by atoms with van der Waals surface area (Å²) < 4.78 is 20.1. The highest BCUT2D eigenvalue weighted by Gasteiger charge is 2.06. The van der Waals surface area contributed by atoms with Crippen molar-refractivity contribution >= 4 is 5.69 Å². The standard InChI is InChI=1S/C13H17FN4O2/c1-2-20-13-7-10(14)3-4-12(13)15-8-11-9-18(5-6-19)17-16-11/h3-4,7,9,15,19H,2,5-6,8H2,1H3. The molecular formula is C13H17FN4O2. The monoisotopic (exact) mass is 280 g/mol. The molecule has 1 aromatic carbocycles. The summed E-state index contributed by atoms with van der Waals surface area (Å²) >= 11 is 0. The second-order valence-corrected chi connectivity index (χ2v) is 4.12. The number of ether oxygens (including phenoxy) is 1. The van der Waals surface area contributed by atoms with E-state index < -0.39 is 0 Å². The van der Waals surface area contributed by atoms with Gasteiger partial charge in [0.15, 0.2) is 0 Å². The first-order chi connectivity index (χ1) is 9.72. The summed E-state index contributed by atoms with van der Waals surface area (Å²) in [6, 6.07) is 4.33. The van der Waals surface area contributed by atoms with Gasteiger partial charge in [-0.1, -0.05) is 5.21 Å². The van der Waals surface area contributed by atoms with Crippen LogP contribution in [-0.2, 0) is 13.1 Å². The second kappa shape index (κ2) is 6.85. The number of nitrogens with one attached hydrogen (secondary N) is 1. The molecule has 1 aromatic heterocycles. The van der Waals surface area contributed by atoms with Gasteiger partial charge < -0.3 is 15.2 Å². The first-order valence-corrected chi connectivity index (χ1v) is 6.39. The summed E-state index contributed by atoms with van der Waals surface area (Å²) in [5, 5.41) is 19.8. The minimum Gasteiger partial charge on any atom is -0.492 e. The van der Waals surface area contributed by atoms with Crippen molar-refractivity contribution in [2.24, 2.45) is 0 Å². The number of hydrogen-bond acceptors (Lipinski definition) is 5. The number of nitrogens with zero attached hydrogens (tertiary/aromatic N) is 3. The van der Waals surface area contributed by atoms with Crippen molar-refractivity contribution in [3.63, 3.8) is 0 Å². The van der Waals surface area contributed by atoms with Crippen LogP contribution in [0.15, 0.2) is 24.4 Å². The Bertz CT molecular complexity index is 559. The third-order valence-electron chi connectivity index (χ3n) is 2.62. The molecule has 1 heterocycles. The van der Waals surface area contributed by atoms with Gasteiger partial charge in [-0.3, -0.25) is 0 Å². The first-order valence-electron chi connectivity index (χ1n) is 6.39. The molecule has 2 N–H and O–H groups in total. The van der Waals surface area contributed by atoms with E-state index in [9.17, 15) is 4.39 Å². The summed E-state index contributed by atoms with van der Waals surface area (Å²) in [6.45, 7) is 3.17. The fraction of sp³-hybridized carbons (Fsp3) is 0.385. The Balaban J connectivity index is 2.02. The highest BCUT2D eigenvalue weighted by atomic mass is 19.1. The van der Waals surface area contributed by atoms with Crippen LogP contribution in [0.1, 0.15) is 12.6 Å². The molecule has 0 fully saturated rings. The molecule has 0 aliphatic carbocycles. The van der Waals surface area contributed by atoms with Crippen molar-refractivity contribution in [3.8, 4) is 5.75 Å². The van der Waals surface area contributed by atoms with E-state index in [4.69, 9.17) is 9.84 Å². The summed E-state index contributed by atoms with van der Waals surface area (Å²) in [6.07, 6.45) is 1.74. The third kappa shape index (κ3) is 3.67. The molecule has 2 rings (SSSR count). The molecule has 0 amide bonds. The molecule has 6 nitrogen and oxygen atoms in total. The zero-order valence-electron chi connectivity index (χ0n) is 11.2. The lowest BCUT2D eigenvalue weighted by atomic mass is 10.2. The minimum absolute atomic E-state index is 0.0165. The fourth-order valence-electron chi connectivity index (χ4n) is 1.73. The van der Waals surface area contributed by atoms with Gasteiger partial charge in [0.2, 0.25) is 0 Å². The van der Waals surface area contributed by atoms with Gasteiger partial charge in [0.05, 0.1) is 38.2 Å². The van der Waals surface area contributed by atoms with Crippen LogP contribution in [0.5, 0.6) is 5.75 Å². The Morgan fingerprint density at radius 3 is 3.05 bits per heavy atom. The summed E-state index contributed by atoms with van der Waals surface area (Å²) in [5.41, 5.74) is 1.43. The number of aromatic nitrogens is 3. The zero-order chi connectivity index (χ0) is 14.4. The van der Waals surface area contributed by atoms with Gasteiger partial charge in [0.25, 0.3) is 0 Å². The molecule has 0 aliphatic rings. The van der Waals surface area contributed by atoms with E-state index in [0.29, 0.717) is 31.1 Å². The Morgan fingerprint density at radius 1 is 1.45 bits per heavy atom. The van der Waals surface area contributed by atoms with Gasteiger partial charge in [-0.2, -0.15) is 0 Å². The fourth-order valence-corrected chi connectivity index (χ4v) is 1.73. The van der Waals surface area contributed by atoms with Crippen molar-refractivity contribution in [2.75, 3.05) is 18.5 Å². The zero-order valence-corrected chi connectivity index (χ0v) is 11.2. The lowest BCUT2D eigenvalue weighted by Crippen LogP contribution is -2.04. The summed E-state index contributed by atoms with van der Waals surface area (Å²) in [4.78, 5) is 0. The van der Waals surface area contributed by atoms with Crippen molar-refractivity contribution in [3.05, 3.63) is 35.9 Å². The van der Waals surface area contributed by atoms with Gasteiger partial charge in [-0.05, 0) is 19.1 Å². The number of rotatable bonds is 7. The van der Waals surface area contributed by atoms with E-state index in [2.05, 4.69) is 15.6 Å². The normalized spacial score (nSPS) is 10.6. The van der Waals surface area contributed by atoms with Gasteiger partial charge in [-0.25, -0.2) is 9.07 Å². The first kappa shape index (κ1) is 14.3. The largest absolute Gasteiger partial charge is 0.492 e. The van der Waals surface area contributed by atoms with Gasteiger partial charge in [0, 0.05) is 6.07 Å². The highest BCUT2D eigenvalue weighted by Crippen LogP contribution is 2.25. The van der Waals surface area contributed by atoms with Gasteiger partial charge >= 0.3 is 0 Å². The number of hydrogen-bond donors (Lipinski definition) is 2. The number of anilines is 1. The Labute approximate surface area is 116 Å². The molecule has 0 aliphatic heterocycles. The maximum atomic E-state index is 13.2. The average Bonchev–Trinajstić information content (AvgIpc) is 2.86. The van der Waals surface area contributed by atoms with Crippen molar-refractivity contribution < 1.29 is 14.2 Å². The molecule has 0 radical (unpaired) electrons. The van der Waals surface area contributed by atoms with Crippen molar-refractivity contribution in [1.82, 2.24) is 15.0 Å². The third-order valence-corrected chi connectivity index (χ3v) is 2.62. The van der Waals surface area contributed by atoms with Gasteiger partial charge in [0.1, 0.15) is 17.3 Å². The van der Waals surface area contributed by atoms with E-state index >= 15 is 0 Å². The molecule has 0 saturated carbocycles. The molecule has 7 heteroatoms. The Morgan fingerprint density at radius 2 is 2.30 bits per heavy atom. The number of aliphatic hydroxyl groups excluding tert-OH is 1. The summed E-state index contributed by atoms with van der Waals surface area (Å²) in [5.74, 6) is 0.128. The average molecular weight is 280 g/mol. The molecule has 0 unspecified atom stereocenters. The minimum atomic E-state index is -0.340. The van der Waals surface area contributed by atoms with Crippen LogP contribution in [0.25, 0.3) is 0 Å². The number of aliphatic hydroxyl groups is 1. The van der Waals surface area contributed by atoms with E-state index in [1.165, 1.54) is 12.1 Å². The van der Waals surface area contributed by atoms with Crippen LogP contribution >= 0.6 is 0 Å². The van der Waals surface area contributed by atoms with Gasteiger partial charge in [-0.15, -0.1) is 5.10 Å². The summed E-state index contributed by atoms with van der Waals surface area (Å²) in [7, 11) is 0.